The molecule has 1 aromatic carbocycles. The molecule has 2 aromatic rings. The summed E-state index contributed by atoms with van der Waals surface area (Å²) in [5.41, 5.74) is 3.79. The Balaban J connectivity index is 2.01. The van der Waals surface area contributed by atoms with Gasteiger partial charge in [-0.1, -0.05) is 43.5 Å². The lowest BCUT2D eigenvalue weighted by molar-refractivity contribution is 0.429. The maximum atomic E-state index is 9.33. The van der Waals surface area contributed by atoms with E-state index in [1.165, 1.54) is 24.8 Å². The molecule has 0 spiro atoms. The minimum atomic E-state index is 0.411. The molecular formula is C17H20N4. The Labute approximate surface area is 125 Å². The highest BCUT2D eigenvalue weighted by atomic mass is 15.4. The third-order valence-electron chi connectivity index (χ3n) is 4.39. The molecule has 3 rings (SSSR count). The van der Waals surface area contributed by atoms with E-state index in [0.29, 0.717) is 11.6 Å². The van der Waals surface area contributed by atoms with Gasteiger partial charge in [-0.3, -0.25) is 0 Å². The summed E-state index contributed by atoms with van der Waals surface area (Å²) in [6.45, 7) is 2.14. The van der Waals surface area contributed by atoms with Gasteiger partial charge in [0.25, 0.3) is 0 Å². The summed E-state index contributed by atoms with van der Waals surface area (Å²) in [6.07, 6.45) is 7.05. The maximum absolute atomic E-state index is 9.33. The summed E-state index contributed by atoms with van der Waals surface area (Å²) < 4.78 is 1.87. The average Bonchev–Trinajstić information content (AvgIpc) is 2.99. The van der Waals surface area contributed by atoms with Gasteiger partial charge in [0.2, 0.25) is 0 Å². The van der Waals surface area contributed by atoms with Gasteiger partial charge in [-0.15, -0.1) is 5.10 Å². The predicted molar refractivity (Wildman–Crippen MR) is 81.3 cm³/mol. The van der Waals surface area contributed by atoms with Crippen LogP contribution in [0.1, 0.15) is 61.9 Å². The van der Waals surface area contributed by atoms with Crippen LogP contribution in [0, 0.1) is 11.3 Å². The van der Waals surface area contributed by atoms with Crippen molar-refractivity contribution >= 4 is 0 Å². The summed E-state index contributed by atoms with van der Waals surface area (Å²) in [7, 11) is 0. The fourth-order valence-corrected chi connectivity index (χ4v) is 3.17. The Hall–Kier alpha value is -2.15. The monoisotopic (exact) mass is 280 g/mol. The standard InChI is InChI=1S/C17H20N4/c1-2-13-8-10-15(11-9-13)21-17(16(12-18)19-20-21)14-6-4-3-5-7-14/h8-11,14H,2-7H2,1H3. The van der Waals surface area contributed by atoms with Gasteiger partial charge in [-0.05, 0) is 37.0 Å². The molecule has 1 heterocycles. The summed E-state index contributed by atoms with van der Waals surface area (Å²) in [5.74, 6) is 0.411. The molecule has 1 saturated carbocycles. The number of nitriles is 1. The third kappa shape index (κ3) is 2.69. The van der Waals surface area contributed by atoms with Crippen LogP contribution in [0.4, 0.5) is 0 Å². The SMILES string of the molecule is CCc1ccc(-n2nnc(C#N)c2C2CCCCC2)cc1. The molecule has 1 aliphatic rings. The lowest BCUT2D eigenvalue weighted by atomic mass is 9.86. The summed E-state index contributed by atoms with van der Waals surface area (Å²) in [4.78, 5) is 0. The van der Waals surface area contributed by atoms with E-state index in [2.05, 4.69) is 47.6 Å². The molecule has 21 heavy (non-hydrogen) atoms. The van der Waals surface area contributed by atoms with Crippen LogP contribution in [0.25, 0.3) is 5.69 Å². The van der Waals surface area contributed by atoms with Crippen LogP contribution in [0.15, 0.2) is 24.3 Å². The first-order valence-electron chi connectivity index (χ1n) is 7.78. The molecule has 4 heteroatoms. The fraction of sp³-hybridized carbons (Fsp3) is 0.471. The first-order chi connectivity index (χ1) is 10.3. The Morgan fingerprint density at radius 3 is 2.52 bits per heavy atom. The zero-order valence-corrected chi connectivity index (χ0v) is 12.4. The van der Waals surface area contributed by atoms with Crippen LogP contribution in [-0.2, 0) is 6.42 Å². The van der Waals surface area contributed by atoms with Crippen molar-refractivity contribution in [2.24, 2.45) is 0 Å². The third-order valence-corrected chi connectivity index (χ3v) is 4.39. The van der Waals surface area contributed by atoms with E-state index < -0.39 is 0 Å². The van der Waals surface area contributed by atoms with E-state index in [1.807, 2.05) is 4.68 Å². The molecule has 108 valence electrons. The molecule has 0 bridgehead atoms. The molecule has 4 nitrogen and oxygen atoms in total. The normalized spacial score (nSPS) is 15.8. The lowest BCUT2D eigenvalue weighted by Gasteiger charge is -2.22. The predicted octanol–water partition coefficient (Wildman–Crippen LogP) is 3.75. The molecule has 1 fully saturated rings. The quantitative estimate of drug-likeness (QED) is 0.860. The Kier molecular flexibility index (Phi) is 4.01. The molecule has 0 N–H and O–H groups in total. The van der Waals surface area contributed by atoms with E-state index in [0.717, 1.165) is 30.6 Å². The smallest absolute Gasteiger partial charge is 0.186 e. The molecule has 0 unspecified atom stereocenters. The number of nitrogens with zero attached hydrogens (tertiary/aromatic N) is 4. The molecule has 1 aliphatic carbocycles. The summed E-state index contributed by atoms with van der Waals surface area (Å²) in [5, 5.41) is 17.6. The van der Waals surface area contributed by atoms with Crippen molar-refractivity contribution in [3.8, 4) is 11.8 Å². The molecular weight excluding hydrogens is 260 g/mol. The highest BCUT2D eigenvalue weighted by molar-refractivity contribution is 5.39. The number of benzene rings is 1. The number of rotatable bonds is 3. The van der Waals surface area contributed by atoms with Crippen molar-refractivity contribution in [3.05, 3.63) is 41.2 Å². The Morgan fingerprint density at radius 1 is 1.19 bits per heavy atom. The second-order valence-electron chi connectivity index (χ2n) is 5.70. The number of hydrogen-bond donors (Lipinski definition) is 0. The zero-order chi connectivity index (χ0) is 14.7. The van der Waals surface area contributed by atoms with Crippen molar-refractivity contribution < 1.29 is 0 Å². The van der Waals surface area contributed by atoms with Crippen molar-refractivity contribution in [2.75, 3.05) is 0 Å². The van der Waals surface area contributed by atoms with E-state index in [4.69, 9.17) is 0 Å². The van der Waals surface area contributed by atoms with Gasteiger partial charge in [-0.25, -0.2) is 4.68 Å². The molecule has 0 radical (unpaired) electrons. The topological polar surface area (TPSA) is 54.5 Å². The van der Waals surface area contributed by atoms with Gasteiger partial charge in [0, 0.05) is 5.92 Å². The second kappa shape index (κ2) is 6.09. The molecule has 0 saturated heterocycles. The van der Waals surface area contributed by atoms with Gasteiger partial charge in [0.05, 0.1) is 11.4 Å². The first kappa shape index (κ1) is 13.8. The second-order valence-corrected chi connectivity index (χ2v) is 5.70. The molecule has 0 atom stereocenters. The van der Waals surface area contributed by atoms with Crippen LogP contribution in [0.5, 0.6) is 0 Å². The fourth-order valence-electron chi connectivity index (χ4n) is 3.17. The largest absolute Gasteiger partial charge is 0.216 e. The van der Waals surface area contributed by atoms with Gasteiger partial charge >= 0.3 is 0 Å². The minimum absolute atomic E-state index is 0.411. The molecule has 1 aromatic heterocycles. The number of aromatic nitrogens is 3. The summed E-state index contributed by atoms with van der Waals surface area (Å²) in [6, 6.07) is 10.6. The van der Waals surface area contributed by atoms with Gasteiger partial charge in [0.15, 0.2) is 5.69 Å². The molecule has 0 amide bonds. The van der Waals surface area contributed by atoms with E-state index in [9.17, 15) is 5.26 Å². The van der Waals surface area contributed by atoms with Crippen LogP contribution >= 0.6 is 0 Å². The Bertz CT molecular complexity index is 642. The Morgan fingerprint density at radius 2 is 1.90 bits per heavy atom. The highest BCUT2D eigenvalue weighted by Crippen LogP contribution is 2.34. The van der Waals surface area contributed by atoms with E-state index >= 15 is 0 Å². The van der Waals surface area contributed by atoms with Crippen molar-refractivity contribution in [1.29, 1.82) is 5.26 Å². The van der Waals surface area contributed by atoms with Gasteiger partial charge in [0.1, 0.15) is 6.07 Å². The maximum Gasteiger partial charge on any atom is 0.186 e. The van der Waals surface area contributed by atoms with E-state index in [1.54, 1.807) is 0 Å². The summed E-state index contributed by atoms with van der Waals surface area (Å²) >= 11 is 0. The van der Waals surface area contributed by atoms with Crippen molar-refractivity contribution in [3.63, 3.8) is 0 Å². The van der Waals surface area contributed by atoms with Gasteiger partial charge in [-0.2, -0.15) is 5.26 Å². The van der Waals surface area contributed by atoms with Crippen molar-refractivity contribution in [2.45, 2.75) is 51.4 Å². The van der Waals surface area contributed by atoms with Gasteiger partial charge < -0.3 is 0 Å². The minimum Gasteiger partial charge on any atom is -0.216 e. The van der Waals surface area contributed by atoms with E-state index in [-0.39, 0.29) is 0 Å². The van der Waals surface area contributed by atoms with Crippen LogP contribution in [0.2, 0.25) is 0 Å². The van der Waals surface area contributed by atoms with Crippen molar-refractivity contribution in [1.82, 2.24) is 15.0 Å². The number of aryl methyl sites for hydroxylation is 1. The van der Waals surface area contributed by atoms with Crippen LogP contribution < -0.4 is 0 Å². The van der Waals surface area contributed by atoms with Crippen LogP contribution in [0.3, 0.4) is 0 Å². The number of hydrogen-bond acceptors (Lipinski definition) is 3. The zero-order valence-electron chi connectivity index (χ0n) is 12.4. The van der Waals surface area contributed by atoms with Crippen LogP contribution in [-0.4, -0.2) is 15.0 Å². The average molecular weight is 280 g/mol. The highest BCUT2D eigenvalue weighted by Gasteiger charge is 2.25. The first-order valence-corrected chi connectivity index (χ1v) is 7.78. The molecule has 0 aliphatic heterocycles. The lowest BCUT2D eigenvalue weighted by Crippen LogP contribution is -2.12.